The second kappa shape index (κ2) is 6.20. The molecule has 0 bridgehead atoms. The van der Waals surface area contributed by atoms with E-state index in [0.29, 0.717) is 17.7 Å². The number of hydrazine groups is 1. The second-order valence-electron chi connectivity index (χ2n) is 5.82. The van der Waals surface area contributed by atoms with Crippen molar-refractivity contribution in [3.8, 4) is 0 Å². The van der Waals surface area contributed by atoms with Crippen molar-refractivity contribution in [1.29, 1.82) is 0 Å². The van der Waals surface area contributed by atoms with Gasteiger partial charge >= 0.3 is 0 Å². The van der Waals surface area contributed by atoms with Crippen molar-refractivity contribution in [2.75, 3.05) is 20.3 Å². The molecule has 2 aliphatic heterocycles. The van der Waals surface area contributed by atoms with Gasteiger partial charge in [0, 0.05) is 26.3 Å². The van der Waals surface area contributed by atoms with Gasteiger partial charge in [0.1, 0.15) is 5.82 Å². The lowest BCUT2D eigenvalue weighted by Gasteiger charge is -2.37. The Bertz CT molecular complexity index is 543. The first-order valence-electron chi connectivity index (χ1n) is 7.53. The average Bonchev–Trinajstić information content (AvgIpc) is 2.79. The maximum Gasteiger partial charge on any atom is 0.216 e. The van der Waals surface area contributed by atoms with Crippen molar-refractivity contribution in [3.63, 3.8) is 0 Å². The standard InChI is InChI=1S/C15H22FN5O/c1-15(18-13-7-9-22-10-8-13)20-19-14(21(15)2)17-12-5-3-11(16)4-6-12/h3-6,13,18,20H,7-10H2,1-2H3,(H,17,19). The summed E-state index contributed by atoms with van der Waals surface area (Å²) in [5, 5.41) is 3.60. The van der Waals surface area contributed by atoms with Crippen molar-refractivity contribution in [1.82, 2.24) is 21.1 Å². The fourth-order valence-corrected chi connectivity index (χ4v) is 2.67. The van der Waals surface area contributed by atoms with E-state index in [9.17, 15) is 4.39 Å². The number of guanidine groups is 1. The topological polar surface area (TPSA) is 60.9 Å². The first-order valence-corrected chi connectivity index (χ1v) is 7.53. The van der Waals surface area contributed by atoms with E-state index < -0.39 is 5.79 Å². The molecule has 0 aromatic heterocycles. The maximum absolute atomic E-state index is 13.0. The van der Waals surface area contributed by atoms with Crippen molar-refractivity contribution < 1.29 is 9.13 Å². The molecule has 2 fully saturated rings. The van der Waals surface area contributed by atoms with Gasteiger partial charge in [-0.3, -0.25) is 10.7 Å². The van der Waals surface area contributed by atoms with Crippen LogP contribution < -0.4 is 16.2 Å². The molecular weight excluding hydrogens is 285 g/mol. The number of hydrogen-bond acceptors (Lipinski definition) is 4. The minimum atomic E-state index is -0.430. The van der Waals surface area contributed by atoms with E-state index in [2.05, 4.69) is 28.1 Å². The molecule has 0 saturated carbocycles. The minimum absolute atomic E-state index is 0.263. The Morgan fingerprint density at radius 3 is 2.68 bits per heavy atom. The Hall–Kier alpha value is -1.70. The monoisotopic (exact) mass is 307 g/mol. The lowest BCUT2D eigenvalue weighted by atomic mass is 10.1. The predicted molar refractivity (Wildman–Crippen MR) is 82.9 cm³/mol. The molecule has 2 saturated heterocycles. The lowest BCUT2D eigenvalue weighted by Crippen LogP contribution is -2.63. The van der Waals surface area contributed by atoms with Crippen LogP contribution in [0.15, 0.2) is 29.3 Å². The van der Waals surface area contributed by atoms with Gasteiger partial charge in [0.15, 0.2) is 5.79 Å². The van der Waals surface area contributed by atoms with E-state index in [0.717, 1.165) is 26.1 Å². The Morgan fingerprint density at radius 2 is 2.00 bits per heavy atom. The van der Waals surface area contributed by atoms with E-state index in [1.807, 2.05) is 11.9 Å². The van der Waals surface area contributed by atoms with E-state index in [4.69, 9.17) is 4.74 Å². The molecule has 22 heavy (non-hydrogen) atoms. The van der Waals surface area contributed by atoms with Gasteiger partial charge in [-0.15, -0.1) is 0 Å². The van der Waals surface area contributed by atoms with Crippen LogP contribution in [-0.2, 0) is 4.74 Å². The van der Waals surface area contributed by atoms with E-state index in [-0.39, 0.29) is 5.82 Å². The number of nitrogens with zero attached hydrogens (tertiary/aromatic N) is 2. The molecule has 1 atom stereocenters. The van der Waals surface area contributed by atoms with Crippen LogP contribution in [0.3, 0.4) is 0 Å². The summed E-state index contributed by atoms with van der Waals surface area (Å²) in [6.45, 7) is 3.64. The zero-order valence-electron chi connectivity index (χ0n) is 12.9. The molecule has 120 valence electrons. The van der Waals surface area contributed by atoms with Gasteiger partial charge in [-0.05, 0) is 44.0 Å². The molecule has 1 unspecified atom stereocenters. The summed E-state index contributed by atoms with van der Waals surface area (Å²) >= 11 is 0. The number of benzene rings is 1. The molecule has 0 radical (unpaired) electrons. The van der Waals surface area contributed by atoms with Crippen LogP contribution in [0.25, 0.3) is 0 Å². The molecule has 2 aliphatic rings. The zero-order chi connectivity index (χ0) is 15.6. The van der Waals surface area contributed by atoms with Crippen molar-refractivity contribution in [2.24, 2.45) is 4.99 Å². The number of rotatable bonds is 3. The average molecular weight is 307 g/mol. The summed E-state index contributed by atoms with van der Waals surface area (Å²) < 4.78 is 18.3. The molecule has 7 heteroatoms. The fourth-order valence-electron chi connectivity index (χ4n) is 2.67. The molecule has 2 heterocycles. The minimum Gasteiger partial charge on any atom is -0.381 e. The van der Waals surface area contributed by atoms with E-state index in [1.165, 1.54) is 12.1 Å². The summed E-state index contributed by atoms with van der Waals surface area (Å²) in [4.78, 5) is 6.51. The Kier molecular flexibility index (Phi) is 4.28. The van der Waals surface area contributed by atoms with E-state index >= 15 is 0 Å². The predicted octanol–water partition coefficient (Wildman–Crippen LogP) is 1.30. The highest BCUT2D eigenvalue weighted by Crippen LogP contribution is 2.19. The highest BCUT2D eigenvalue weighted by atomic mass is 19.1. The number of aliphatic imine (C=N–C) groups is 1. The van der Waals surface area contributed by atoms with Crippen LogP contribution in [0.2, 0.25) is 0 Å². The Balaban J connectivity index is 1.70. The van der Waals surface area contributed by atoms with Gasteiger partial charge < -0.3 is 9.64 Å². The van der Waals surface area contributed by atoms with Crippen LogP contribution >= 0.6 is 0 Å². The first-order chi connectivity index (χ1) is 10.6. The van der Waals surface area contributed by atoms with Gasteiger partial charge in [-0.2, -0.15) is 5.43 Å². The number of nitrogens with one attached hydrogen (secondary N) is 3. The lowest BCUT2D eigenvalue weighted by molar-refractivity contribution is 0.0493. The number of halogens is 1. The van der Waals surface area contributed by atoms with Crippen LogP contribution in [0.1, 0.15) is 19.8 Å². The van der Waals surface area contributed by atoms with E-state index in [1.54, 1.807) is 12.1 Å². The highest BCUT2D eigenvalue weighted by molar-refractivity contribution is 5.84. The largest absolute Gasteiger partial charge is 0.381 e. The summed E-state index contributed by atoms with van der Waals surface area (Å²) in [5.41, 5.74) is 7.02. The molecule has 1 aromatic rings. The molecule has 3 N–H and O–H groups in total. The number of ether oxygens (including phenoxy) is 1. The third-order valence-corrected chi connectivity index (χ3v) is 4.17. The SMILES string of the molecule is CN1C(=Nc2ccc(F)cc2)NNC1(C)NC1CCOCC1. The normalized spacial score (nSPS) is 28.1. The quantitative estimate of drug-likeness (QED) is 0.786. The van der Waals surface area contributed by atoms with Crippen LogP contribution in [0.5, 0.6) is 0 Å². The molecule has 0 aliphatic carbocycles. The highest BCUT2D eigenvalue weighted by Gasteiger charge is 2.39. The smallest absolute Gasteiger partial charge is 0.216 e. The molecule has 1 aromatic carbocycles. The molecular formula is C15H22FN5O. The van der Waals surface area contributed by atoms with Gasteiger partial charge in [0.2, 0.25) is 5.96 Å². The summed E-state index contributed by atoms with van der Waals surface area (Å²) in [7, 11) is 1.96. The first kappa shape index (κ1) is 15.2. The summed E-state index contributed by atoms with van der Waals surface area (Å²) in [5.74, 6) is -0.00423. The fraction of sp³-hybridized carbons (Fsp3) is 0.533. The summed E-state index contributed by atoms with van der Waals surface area (Å²) in [6, 6.07) is 6.52. The van der Waals surface area contributed by atoms with Crippen LogP contribution in [-0.4, -0.2) is 42.9 Å². The Labute approximate surface area is 129 Å². The van der Waals surface area contributed by atoms with Crippen LogP contribution in [0, 0.1) is 5.82 Å². The van der Waals surface area contributed by atoms with Gasteiger partial charge in [-0.25, -0.2) is 9.38 Å². The molecule has 3 rings (SSSR count). The molecule has 0 spiro atoms. The van der Waals surface area contributed by atoms with Gasteiger partial charge in [0.05, 0.1) is 5.69 Å². The van der Waals surface area contributed by atoms with Crippen molar-refractivity contribution in [3.05, 3.63) is 30.1 Å². The molecule has 0 amide bonds. The number of hydrogen-bond donors (Lipinski definition) is 3. The van der Waals surface area contributed by atoms with Gasteiger partial charge in [0.25, 0.3) is 0 Å². The third-order valence-electron chi connectivity index (χ3n) is 4.17. The summed E-state index contributed by atoms with van der Waals surface area (Å²) in [6.07, 6.45) is 1.99. The van der Waals surface area contributed by atoms with Gasteiger partial charge in [-0.1, -0.05) is 0 Å². The molecule has 6 nitrogen and oxygen atoms in total. The van der Waals surface area contributed by atoms with Crippen molar-refractivity contribution >= 4 is 11.6 Å². The van der Waals surface area contributed by atoms with Crippen LogP contribution in [0.4, 0.5) is 10.1 Å². The Morgan fingerprint density at radius 1 is 1.32 bits per heavy atom. The maximum atomic E-state index is 13.0. The second-order valence-corrected chi connectivity index (χ2v) is 5.82. The van der Waals surface area contributed by atoms with Crippen molar-refractivity contribution in [2.45, 2.75) is 31.6 Å². The third kappa shape index (κ3) is 3.21. The zero-order valence-corrected chi connectivity index (χ0v) is 12.9.